The summed E-state index contributed by atoms with van der Waals surface area (Å²) in [5.74, 6) is 14.7. The zero-order chi connectivity index (χ0) is 15.8. The Hall–Kier alpha value is 0.584. The molecule has 0 aromatic heterocycles. The molecule has 115 valence electrons. The van der Waals surface area contributed by atoms with Gasteiger partial charge in [0, 0.05) is 18.6 Å². The van der Waals surface area contributed by atoms with Crippen molar-refractivity contribution in [1.82, 2.24) is 0 Å². The quantitative estimate of drug-likeness (QED) is 0.518. The van der Waals surface area contributed by atoms with Gasteiger partial charge in [-0.1, -0.05) is 69.2 Å². The van der Waals surface area contributed by atoms with Crippen LogP contribution in [0, 0.1) is 59.2 Å². The van der Waals surface area contributed by atoms with Gasteiger partial charge in [0.2, 0.25) is 0 Å². The van der Waals surface area contributed by atoms with E-state index in [0.717, 1.165) is 0 Å². The van der Waals surface area contributed by atoms with E-state index in [2.05, 4.69) is 69.2 Å². The van der Waals surface area contributed by atoms with Gasteiger partial charge < -0.3 is 0 Å². The molecule has 2 rings (SSSR count). The Balaban J connectivity index is 0.000000364. The summed E-state index contributed by atoms with van der Waals surface area (Å²) in [6.45, 7) is 22.0. The number of hydrogen-bond acceptors (Lipinski definition) is 0. The molecule has 0 heterocycles. The summed E-state index contributed by atoms with van der Waals surface area (Å²) in [5.41, 5.74) is 0. The van der Waals surface area contributed by atoms with Gasteiger partial charge in [-0.15, -0.1) is 0 Å². The van der Waals surface area contributed by atoms with Gasteiger partial charge in [0.05, 0.1) is 0 Å². The van der Waals surface area contributed by atoms with E-state index in [1.165, 1.54) is 59.2 Å². The Morgan fingerprint density at radius 1 is 0.238 bits per heavy atom. The third kappa shape index (κ3) is 4.32. The zero-order valence-corrected chi connectivity index (χ0v) is 16.8. The van der Waals surface area contributed by atoms with Crippen LogP contribution in [0.2, 0.25) is 0 Å². The molecule has 2 saturated carbocycles. The van der Waals surface area contributed by atoms with Crippen molar-refractivity contribution in [3.8, 4) is 0 Å². The van der Waals surface area contributed by atoms with Gasteiger partial charge in [-0.05, 0) is 59.2 Å². The zero-order valence-electron chi connectivity index (χ0n) is 15.4. The second-order valence-corrected chi connectivity index (χ2v) is 6.25. The Morgan fingerprint density at radius 3 is 0.333 bits per heavy atom. The summed E-state index contributed by atoms with van der Waals surface area (Å²) in [6, 6.07) is 0. The minimum absolute atomic E-state index is 0. The van der Waals surface area contributed by atoms with Crippen LogP contribution in [-0.2, 0) is 18.6 Å². The Labute approximate surface area is 147 Å². The van der Waals surface area contributed by atoms with Crippen molar-refractivity contribution in [3.63, 3.8) is 0 Å². The van der Waals surface area contributed by atoms with E-state index in [9.17, 15) is 0 Å². The molecule has 0 nitrogen and oxygen atoms in total. The second-order valence-electron chi connectivity index (χ2n) is 6.25. The standard InChI is InChI=1S/2C10H15.V/c2*1-6-7(2)9(4)10(5)8(6)3;/h2*1-5H3;. The Morgan fingerprint density at radius 2 is 0.286 bits per heavy atom. The fourth-order valence-corrected chi connectivity index (χ4v) is 2.81. The molecule has 2 aliphatic carbocycles. The molecule has 2 fully saturated rings. The van der Waals surface area contributed by atoms with E-state index in [1.54, 1.807) is 0 Å². The monoisotopic (exact) mass is 321 g/mol. The molecule has 2 aliphatic rings. The van der Waals surface area contributed by atoms with Crippen LogP contribution in [0.3, 0.4) is 0 Å². The molecule has 0 bridgehead atoms. The Kier molecular flexibility index (Phi) is 8.68. The van der Waals surface area contributed by atoms with Crippen LogP contribution >= 0.6 is 0 Å². The fourth-order valence-electron chi connectivity index (χ4n) is 2.81. The SMILES string of the molecule is C[C]1[C](C)[C](C)[C](C)[C]1C.C[C]1[C](C)[C](C)[C](C)[C]1C.[V]. The van der Waals surface area contributed by atoms with Crippen molar-refractivity contribution in [2.45, 2.75) is 69.2 Å². The van der Waals surface area contributed by atoms with Gasteiger partial charge >= 0.3 is 0 Å². The Bertz CT molecular complexity index is 181. The molecule has 21 heavy (non-hydrogen) atoms. The van der Waals surface area contributed by atoms with E-state index in [0.29, 0.717) is 0 Å². The predicted molar refractivity (Wildman–Crippen MR) is 89.2 cm³/mol. The van der Waals surface area contributed by atoms with E-state index in [1.807, 2.05) is 0 Å². The molecule has 0 atom stereocenters. The minimum atomic E-state index is 0. The maximum Gasteiger partial charge on any atom is 0 e. The molecule has 0 spiro atoms. The van der Waals surface area contributed by atoms with Gasteiger partial charge in [-0.25, -0.2) is 0 Å². The first-order chi connectivity index (χ1) is 9.11. The fraction of sp³-hybridized carbons (Fsp3) is 0.500. The van der Waals surface area contributed by atoms with Gasteiger partial charge in [-0.3, -0.25) is 0 Å². The summed E-state index contributed by atoms with van der Waals surface area (Å²) in [6.07, 6.45) is 0. The van der Waals surface area contributed by atoms with Crippen LogP contribution in [-0.4, -0.2) is 0 Å². The predicted octanol–water partition coefficient (Wildman–Crippen LogP) is 5.94. The van der Waals surface area contributed by atoms with E-state index in [4.69, 9.17) is 0 Å². The summed E-state index contributed by atoms with van der Waals surface area (Å²) in [4.78, 5) is 0. The molecular weight excluding hydrogens is 291 g/mol. The average Bonchev–Trinajstić information content (AvgIpc) is 2.71. The first kappa shape index (κ1) is 21.6. The second kappa shape index (κ2) is 8.44. The maximum absolute atomic E-state index is 2.20. The van der Waals surface area contributed by atoms with E-state index in [-0.39, 0.29) is 18.6 Å². The number of rotatable bonds is 0. The normalized spacial score (nSPS) is 27.1. The molecular formula is C20H30V. The van der Waals surface area contributed by atoms with E-state index < -0.39 is 0 Å². The topological polar surface area (TPSA) is 0 Å². The van der Waals surface area contributed by atoms with Crippen molar-refractivity contribution < 1.29 is 18.6 Å². The van der Waals surface area contributed by atoms with Crippen molar-refractivity contribution in [2.75, 3.05) is 0 Å². The van der Waals surface area contributed by atoms with Crippen molar-refractivity contribution in [3.05, 3.63) is 59.2 Å². The largest absolute Gasteiger partial charge is 0.0579 e. The van der Waals surface area contributed by atoms with Crippen LogP contribution in [0.1, 0.15) is 69.2 Å². The molecule has 0 aliphatic heterocycles. The number of hydrogen-bond donors (Lipinski definition) is 0. The molecule has 0 aromatic rings. The molecule has 1 heteroatoms. The van der Waals surface area contributed by atoms with E-state index >= 15 is 0 Å². The van der Waals surface area contributed by atoms with Gasteiger partial charge in [0.25, 0.3) is 0 Å². The van der Waals surface area contributed by atoms with Gasteiger partial charge in [0.15, 0.2) is 0 Å². The third-order valence-corrected chi connectivity index (χ3v) is 5.62. The van der Waals surface area contributed by atoms with Crippen LogP contribution in [0.25, 0.3) is 0 Å². The first-order valence-corrected chi connectivity index (χ1v) is 7.50. The summed E-state index contributed by atoms with van der Waals surface area (Å²) in [5, 5.41) is 0. The van der Waals surface area contributed by atoms with Crippen molar-refractivity contribution >= 4 is 0 Å². The van der Waals surface area contributed by atoms with Gasteiger partial charge in [0.1, 0.15) is 0 Å². The smallest absolute Gasteiger partial charge is 0 e. The van der Waals surface area contributed by atoms with Crippen molar-refractivity contribution in [1.29, 1.82) is 0 Å². The molecule has 0 saturated heterocycles. The molecule has 0 aromatic carbocycles. The van der Waals surface area contributed by atoms with Crippen LogP contribution in [0.4, 0.5) is 0 Å². The van der Waals surface area contributed by atoms with Crippen LogP contribution < -0.4 is 0 Å². The molecule has 0 amide bonds. The van der Waals surface area contributed by atoms with Crippen LogP contribution in [0.5, 0.6) is 0 Å². The van der Waals surface area contributed by atoms with Crippen LogP contribution in [0.15, 0.2) is 0 Å². The van der Waals surface area contributed by atoms with Gasteiger partial charge in [-0.2, -0.15) is 0 Å². The minimum Gasteiger partial charge on any atom is -0.0579 e. The molecule has 0 unspecified atom stereocenters. The molecule has 11 radical (unpaired) electrons. The summed E-state index contributed by atoms with van der Waals surface area (Å²) in [7, 11) is 0. The maximum atomic E-state index is 2.20. The van der Waals surface area contributed by atoms with Crippen molar-refractivity contribution in [2.24, 2.45) is 0 Å². The summed E-state index contributed by atoms with van der Waals surface area (Å²) >= 11 is 0. The average molecular weight is 321 g/mol. The first-order valence-electron chi connectivity index (χ1n) is 7.50. The summed E-state index contributed by atoms with van der Waals surface area (Å²) < 4.78 is 0. The molecule has 0 N–H and O–H groups in total. The third-order valence-electron chi connectivity index (χ3n) is 5.62.